The summed E-state index contributed by atoms with van der Waals surface area (Å²) < 4.78 is 43.1. The van der Waals surface area contributed by atoms with E-state index in [4.69, 9.17) is 25.1 Å². The number of ether oxygens (including phenoxy) is 2. The van der Waals surface area contributed by atoms with Crippen LogP contribution < -0.4 is 26.0 Å². The van der Waals surface area contributed by atoms with Crippen molar-refractivity contribution in [2.75, 3.05) is 23.8 Å². The fourth-order valence-corrected chi connectivity index (χ4v) is 6.31. The molecule has 0 saturated carbocycles. The number of nitrogen functional groups attached to an aromatic ring is 1. The maximum absolute atomic E-state index is 13.5. The minimum Gasteiger partial charge on any atom is -0.490 e. The number of nitrogens with two attached hydrogens (primary N) is 1. The summed E-state index contributed by atoms with van der Waals surface area (Å²) in [6, 6.07) is 25.1. The van der Waals surface area contributed by atoms with Gasteiger partial charge in [-0.25, -0.2) is 14.6 Å². The van der Waals surface area contributed by atoms with Crippen molar-refractivity contribution < 1.29 is 56.5 Å². The zero-order valence-corrected chi connectivity index (χ0v) is 30.3. The number of halogens is 3. The highest BCUT2D eigenvalue weighted by molar-refractivity contribution is 6.13. The predicted molar refractivity (Wildman–Crippen MR) is 198 cm³/mol. The molecular formula is C40H38F3N5O9. The molecule has 1 unspecified atom stereocenters. The third-order valence-electron chi connectivity index (χ3n) is 9.32. The van der Waals surface area contributed by atoms with E-state index in [1.165, 1.54) is 4.90 Å². The average molecular weight is 790 g/mol. The number of unbranched alkanes of at least 4 members (excludes halogenated alkanes) is 1. The number of nitrogens with one attached hydrogen (secondary N) is 2. The molecule has 0 bridgehead atoms. The highest BCUT2D eigenvalue weighted by Gasteiger charge is 2.72. The van der Waals surface area contributed by atoms with Gasteiger partial charge in [-0.15, -0.1) is 0 Å². The number of anilines is 3. The number of nitrogens with zero attached hydrogens (tertiary/aromatic N) is 2. The number of pyridine rings is 1. The van der Waals surface area contributed by atoms with E-state index in [0.29, 0.717) is 59.7 Å². The fraction of sp³-hybridized carbons (Fsp3) is 0.275. The molecule has 14 nitrogen and oxygen atoms in total. The largest absolute Gasteiger partial charge is 0.490 e. The molecule has 0 aliphatic carbocycles. The number of carboxylic acid groups (broad SMARTS) is 1. The normalized spacial score (nSPS) is 18.5. The zero-order valence-electron chi connectivity index (χ0n) is 30.3. The van der Waals surface area contributed by atoms with Gasteiger partial charge in [0.05, 0.1) is 24.4 Å². The van der Waals surface area contributed by atoms with E-state index in [0.717, 1.165) is 24.0 Å². The Morgan fingerprint density at radius 2 is 1.65 bits per heavy atom. The van der Waals surface area contributed by atoms with Crippen LogP contribution >= 0.6 is 0 Å². The molecule has 0 radical (unpaired) electrons. The summed E-state index contributed by atoms with van der Waals surface area (Å²) in [6.07, 6.45) is -0.129. The highest BCUT2D eigenvalue weighted by Crippen LogP contribution is 2.44. The van der Waals surface area contributed by atoms with Crippen molar-refractivity contribution in [3.63, 3.8) is 0 Å². The van der Waals surface area contributed by atoms with Crippen LogP contribution in [0.15, 0.2) is 91.1 Å². The lowest BCUT2D eigenvalue weighted by Crippen LogP contribution is -2.39. The summed E-state index contributed by atoms with van der Waals surface area (Å²) in [7, 11) is 0. The monoisotopic (exact) mass is 789 g/mol. The first kappa shape index (κ1) is 41.5. The van der Waals surface area contributed by atoms with Gasteiger partial charge in [0.15, 0.2) is 11.6 Å². The number of aliphatic carboxylic acids is 1. The van der Waals surface area contributed by atoms with E-state index >= 15 is 0 Å². The number of carboxylic acids is 1. The molecule has 2 aliphatic heterocycles. The minimum atomic E-state index is -5.08. The predicted octanol–water partition coefficient (Wildman–Crippen LogP) is 4.26. The van der Waals surface area contributed by atoms with Gasteiger partial charge >= 0.3 is 18.1 Å². The van der Waals surface area contributed by atoms with Crippen LogP contribution in [0.1, 0.15) is 46.3 Å². The second-order valence-corrected chi connectivity index (χ2v) is 13.2. The number of aldehydes is 2. The van der Waals surface area contributed by atoms with Crippen LogP contribution in [0.3, 0.4) is 0 Å². The number of fused-ring (bicyclic) bond motifs is 1. The molecule has 3 aromatic carbocycles. The van der Waals surface area contributed by atoms with Gasteiger partial charge in [-0.2, -0.15) is 13.2 Å². The second-order valence-electron chi connectivity index (χ2n) is 13.2. The minimum absolute atomic E-state index is 0.0131. The Labute approximate surface area is 324 Å². The zero-order chi connectivity index (χ0) is 41.2. The molecule has 5 N–H and O–H groups in total. The Morgan fingerprint density at radius 1 is 0.947 bits per heavy atom. The summed E-state index contributed by atoms with van der Waals surface area (Å²) >= 11 is 0. The third kappa shape index (κ3) is 9.80. The molecule has 1 aromatic heterocycles. The molecule has 6 rings (SSSR count). The van der Waals surface area contributed by atoms with Crippen LogP contribution in [0.25, 0.3) is 0 Å². The second kappa shape index (κ2) is 17.9. The van der Waals surface area contributed by atoms with Gasteiger partial charge in [-0.1, -0.05) is 48.5 Å². The number of alkyl halides is 3. The van der Waals surface area contributed by atoms with Crippen LogP contribution in [-0.2, 0) is 48.2 Å². The standard InChI is InChI=1S/C38H37N5O7.C2HF3O2/c39-34-32(10-6-18-40-34)49-20-5-4-7-26-13-16-31-30(21-26)35(47)41-23-33(46)43(31)29-14-11-27(12-15-29)22-38(37(25-45,42-38)17-19-44)36(48)50-24-28-8-2-1-3-9-28;3-2(4,5)1(6)7/h1-3,6,8-16,18-19,21,25,42H,4-5,7,17,20,22-24H2,(H2,39,40)(H,41,47);(H,6,7)/t37?,38-;/m0./s1. The molecule has 57 heavy (non-hydrogen) atoms. The number of hydrogen-bond donors (Lipinski definition) is 4. The third-order valence-corrected chi connectivity index (χ3v) is 9.32. The molecule has 3 heterocycles. The van der Waals surface area contributed by atoms with Gasteiger partial charge < -0.3 is 35.2 Å². The Hall–Kier alpha value is -6.62. The summed E-state index contributed by atoms with van der Waals surface area (Å²) in [5.41, 5.74) is 6.78. The number of carbonyl (C=O) groups is 6. The average Bonchev–Trinajstić information content (AvgIpc) is 3.87. The molecule has 2 aliphatic rings. The van der Waals surface area contributed by atoms with Crippen LogP contribution in [0, 0.1) is 0 Å². The number of carbonyl (C=O) groups excluding carboxylic acids is 5. The summed E-state index contributed by atoms with van der Waals surface area (Å²) in [5.74, 6) is -3.17. The van der Waals surface area contributed by atoms with Crippen LogP contribution in [-0.4, -0.2) is 76.8 Å². The number of aromatic nitrogens is 1. The first-order chi connectivity index (χ1) is 27.2. The van der Waals surface area contributed by atoms with Crippen molar-refractivity contribution in [2.45, 2.75) is 56.0 Å². The van der Waals surface area contributed by atoms with E-state index in [1.807, 2.05) is 36.4 Å². The van der Waals surface area contributed by atoms with Gasteiger partial charge in [-0.3, -0.25) is 19.8 Å². The number of amides is 2. The lowest BCUT2D eigenvalue weighted by Gasteiger charge is -2.23. The molecule has 298 valence electrons. The Kier molecular flexibility index (Phi) is 13.0. The lowest BCUT2D eigenvalue weighted by molar-refractivity contribution is -0.192. The molecule has 4 aromatic rings. The molecule has 1 fully saturated rings. The molecular weight excluding hydrogens is 751 g/mol. The quantitative estimate of drug-likeness (QED) is 0.0575. The van der Waals surface area contributed by atoms with Gasteiger partial charge in [0.1, 0.15) is 30.3 Å². The first-order valence-electron chi connectivity index (χ1n) is 17.6. The first-order valence-corrected chi connectivity index (χ1v) is 17.6. The van der Waals surface area contributed by atoms with Crippen LogP contribution in [0.5, 0.6) is 5.75 Å². The van der Waals surface area contributed by atoms with Crippen molar-refractivity contribution in [1.82, 2.24) is 15.6 Å². The van der Waals surface area contributed by atoms with Crippen molar-refractivity contribution in [2.24, 2.45) is 0 Å². The van der Waals surface area contributed by atoms with E-state index in [9.17, 15) is 37.1 Å². The Balaban J connectivity index is 0.000000811. The van der Waals surface area contributed by atoms with E-state index in [2.05, 4.69) is 15.6 Å². The van der Waals surface area contributed by atoms with Crippen molar-refractivity contribution in [3.8, 4) is 5.75 Å². The van der Waals surface area contributed by atoms with Crippen molar-refractivity contribution in [1.29, 1.82) is 0 Å². The Morgan fingerprint density at radius 3 is 2.30 bits per heavy atom. The lowest BCUT2D eigenvalue weighted by atomic mass is 9.85. The molecule has 2 atom stereocenters. The number of benzene rings is 3. The smallest absolute Gasteiger partial charge is 0.490 e. The topological polar surface area (TPSA) is 217 Å². The Bertz CT molecular complexity index is 2120. The van der Waals surface area contributed by atoms with Gasteiger partial charge in [0, 0.05) is 24.7 Å². The number of esters is 1. The molecule has 0 spiro atoms. The number of rotatable bonds is 15. The van der Waals surface area contributed by atoms with Gasteiger partial charge in [0.2, 0.25) is 0 Å². The molecule has 17 heteroatoms. The highest BCUT2D eigenvalue weighted by atomic mass is 19.4. The van der Waals surface area contributed by atoms with E-state index < -0.39 is 29.2 Å². The summed E-state index contributed by atoms with van der Waals surface area (Å²) in [5, 5.41) is 12.8. The van der Waals surface area contributed by atoms with Crippen molar-refractivity contribution >= 4 is 53.5 Å². The maximum Gasteiger partial charge on any atom is 0.490 e. The molecule has 2 amide bonds. The number of hydrogen-bond acceptors (Lipinski definition) is 11. The fourth-order valence-electron chi connectivity index (χ4n) is 6.31. The van der Waals surface area contributed by atoms with Crippen LogP contribution in [0.4, 0.5) is 30.4 Å². The van der Waals surface area contributed by atoms with E-state index in [1.54, 1.807) is 54.7 Å². The summed E-state index contributed by atoms with van der Waals surface area (Å²) in [6.45, 7) is 0.297. The molecule has 1 saturated heterocycles. The van der Waals surface area contributed by atoms with E-state index in [-0.39, 0.29) is 37.8 Å². The van der Waals surface area contributed by atoms with Crippen molar-refractivity contribution in [3.05, 3.63) is 113 Å². The summed E-state index contributed by atoms with van der Waals surface area (Å²) in [4.78, 5) is 78.0. The van der Waals surface area contributed by atoms with Gasteiger partial charge in [-0.05, 0) is 72.4 Å². The van der Waals surface area contributed by atoms with Crippen LogP contribution in [0.2, 0.25) is 0 Å². The maximum atomic E-state index is 13.5. The SMILES string of the molecule is Nc1ncccc1OCCCCc1ccc2c(c1)C(=O)NCC(=O)N2c1ccc(C[C@@]2(C(=O)OCc3ccccc3)NC2(C=O)CC=O)cc1.O=C(O)C(F)(F)F. The number of aryl methyl sites for hydroxylation is 1. The van der Waals surface area contributed by atoms with Gasteiger partial charge in [0.25, 0.3) is 11.8 Å².